The van der Waals surface area contributed by atoms with Gasteiger partial charge in [0.25, 0.3) is 5.91 Å². The van der Waals surface area contributed by atoms with Gasteiger partial charge >= 0.3 is 0 Å². The number of imidazole rings is 1. The van der Waals surface area contributed by atoms with Crippen molar-refractivity contribution < 1.29 is 9.59 Å². The number of likely N-dealkylation sites (tertiary alicyclic amines) is 1. The van der Waals surface area contributed by atoms with Gasteiger partial charge < -0.3 is 14.8 Å². The fourth-order valence-electron chi connectivity index (χ4n) is 3.36. The standard InChI is InChI=1S/C20H21N5O2/c1-24-12-16(10-18(24)26)23-20(27)15-9-17-19(21-11-15)25(13-22-17)8-7-14-5-3-2-4-6-14/h2-6,9,11,13,16H,7-8,10,12H2,1H3,(H,23,27). The SMILES string of the molecule is CN1CC(NC(=O)c2cnc3c(c2)ncn3CCc2ccccc2)CC1=O. The van der Waals surface area contributed by atoms with Crippen molar-refractivity contribution in [3.63, 3.8) is 0 Å². The highest BCUT2D eigenvalue weighted by Gasteiger charge is 2.28. The maximum Gasteiger partial charge on any atom is 0.253 e. The summed E-state index contributed by atoms with van der Waals surface area (Å²) in [4.78, 5) is 34.5. The van der Waals surface area contributed by atoms with E-state index in [4.69, 9.17) is 0 Å². The molecule has 2 amide bonds. The molecule has 2 aromatic heterocycles. The van der Waals surface area contributed by atoms with Crippen molar-refractivity contribution in [1.82, 2.24) is 24.8 Å². The van der Waals surface area contributed by atoms with Crippen molar-refractivity contribution in [1.29, 1.82) is 0 Å². The molecule has 0 radical (unpaired) electrons. The Balaban J connectivity index is 1.45. The monoisotopic (exact) mass is 363 g/mol. The van der Waals surface area contributed by atoms with Gasteiger partial charge in [0.2, 0.25) is 5.91 Å². The lowest BCUT2D eigenvalue weighted by Crippen LogP contribution is -2.36. The first-order valence-corrected chi connectivity index (χ1v) is 9.00. The fourth-order valence-corrected chi connectivity index (χ4v) is 3.36. The Labute approximate surface area is 157 Å². The summed E-state index contributed by atoms with van der Waals surface area (Å²) < 4.78 is 1.99. The molecule has 1 saturated heterocycles. The van der Waals surface area contributed by atoms with Crippen molar-refractivity contribution in [3.8, 4) is 0 Å². The smallest absolute Gasteiger partial charge is 0.253 e. The van der Waals surface area contributed by atoms with E-state index in [-0.39, 0.29) is 17.9 Å². The Morgan fingerprint density at radius 3 is 2.81 bits per heavy atom. The quantitative estimate of drug-likeness (QED) is 0.747. The van der Waals surface area contributed by atoms with Crippen molar-refractivity contribution in [2.75, 3.05) is 13.6 Å². The van der Waals surface area contributed by atoms with Gasteiger partial charge in [-0.3, -0.25) is 9.59 Å². The molecule has 0 bridgehead atoms. The molecular formula is C20H21N5O2. The van der Waals surface area contributed by atoms with E-state index in [2.05, 4.69) is 27.4 Å². The Bertz CT molecular complexity index is 982. The molecule has 7 heteroatoms. The molecule has 3 heterocycles. The zero-order valence-corrected chi connectivity index (χ0v) is 15.1. The van der Waals surface area contributed by atoms with Crippen molar-refractivity contribution in [2.24, 2.45) is 0 Å². The third-order valence-corrected chi connectivity index (χ3v) is 4.88. The highest BCUT2D eigenvalue weighted by Crippen LogP contribution is 2.14. The number of nitrogens with one attached hydrogen (secondary N) is 1. The van der Waals surface area contributed by atoms with Crippen molar-refractivity contribution in [3.05, 3.63) is 60.0 Å². The summed E-state index contributed by atoms with van der Waals surface area (Å²) in [5, 5.41) is 2.90. The average Bonchev–Trinajstić information content (AvgIpc) is 3.23. The summed E-state index contributed by atoms with van der Waals surface area (Å²) in [5.74, 6) is -0.178. The number of nitrogens with zero attached hydrogens (tertiary/aromatic N) is 4. The van der Waals surface area contributed by atoms with Crippen LogP contribution in [-0.4, -0.2) is 50.9 Å². The Morgan fingerprint density at radius 1 is 1.26 bits per heavy atom. The van der Waals surface area contributed by atoms with Crippen LogP contribution in [0.3, 0.4) is 0 Å². The van der Waals surface area contributed by atoms with Crippen LogP contribution in [0.15, 0.2) is 48.9 Å². The van der Waals surface area contributed by atoms with E-state index >= 15 is 0 Å². The molecular weight excluding hydrogens is 342 g/mol. The van der Waals surface area contributed by atoms with Crippen LogP contribution in [0.4, 0.5) is 0 Å². The number of hydrogen-bond donors (Lipinski definition) is 1. The Morgan fingerprint density at radius 2 is 2.07 bits per heavy atom. The number of pyridine rings is 1. The lowest BCUT2D eigenvalue weighted by Gasteiger charge is -2.12. The molecule has 1 atom stereocenters. The summed E-state index contributed by atoms with van der Waals surface area (Å²) >= 11 is 0. The van der Waals surface area contributed by atoms with Gasteiger partial charge in [0.05, 0.1) is 17.9 Å². The van der Waals surface area contributed by atoms with E-state index in [9.17, 15) is 9.59 Å². The Hall–Kier alpha value is -3.22. The highest BCUT2D eigenvalue weighted by atomic mass is 16.2. The molecule has 1 aliphatic heterocycles. The number of amides is 2. The summed E-state index contributed by atoms with van der Waals surface area (Å²) in [6, 6.07) is 11.8. The second-order valence-electron chi connectivity index (χ2n) is 6.89. The van der Waals surface area contributed by atoms with Crippen molar-refractivity contribution >= 4 is 23.0 Å². The number of fused-ring (bicyclic) bond motifs is 1. The zero-order valence-electron chi connectivity index (χ0n) is 15.1. The molecule has 27 heavy (non-hydrogen) atoms. The molecule has 1 aromatic carbocycles. The fraction of sp³-hybridized carbons (Fsp3) is 0.300. The molecule has 138 valence electrons. The summed E-state index contributed by atoms with van der Waals surface area (Å²) in [6.07, 6.45) is 4.55. The molecule has 0 spiro atoms. The predicted octanol–water partition coefficient (Wildman–Crippen LogP) is 1.63. The molecule has 0 aliphatic carbocycles. The summed E-state index contributed by atoms with van der Waals surface area (Å²) in [7, 11) is 1.74. The van der Waals surface area contributed by atoms with E-state index < -0.39 is 0 Å². The van der Waals surface area contributed by atoms with Crippen LogP contribution in [0.1, 0.15) is 22.3 Å². The topological polar surface area (TPSA) is 80.1 Å². The normalized spacial score (nSPS) is 16.9. The second kappa shape index (κ2) is 7.19. The minimum atomic E-state index is -0.226. The summed E-state index contributed by atoms with van der Waals surface area (Å²) in [5.41, 5.74) is 3.16. The lowest BCUT2D eigenvalue weighted by molar-refractivity contribution is -0.126. The number of hydrogen-bond acceptors (Lipinski definition) is 4. The van der Waals surface area contributed by atoms with Gasteiger partial charge in [0.15, 0.2) is 5.65 Å². The second-order valence-corrected chi connectivity index (χ2v) is 6.89. The molecule has 1 N–H and O–H groups in total. The number of benzene rings is 1. The van der Waals surface area contributed by atoms with Gasteiger partial charge in [-0.2, -0.15) is 0 Å². The van der Waals surface area contributed by atoms with Crippen LogP contribution in [0, 0.1) is 0 Å². The Kier molecular flexibility index (Phi) is 4.58. The number of rotatable bonds is 5. The van der Waals surface area contributed by atoms with E-state index in [1.807, 2.05) is 22.8 Å². The molecule has 7 nitrogen and oxygen atoms in total. The lowest BCUT2D eigenvalue weighted by atomic mass is 10.1. The zero-order chi connectivity index (χ0) is 18.8. The maximum atomic E-state index is 12.5. The predicted molar refractivity (Wildman–Crippen MR) is 101 cm³/mol. The van der Waals surface area contributed by atoms with Gasteiger partial charge in [-0.25, -0.2) is 9.97 Å². The highest BCUT2D eigenvalue weighted by molar-refractivity contribution is 5.97. The third kappa shape index (κ3) is 3.67. The molecule has 0 saturated carbocycles. The molecule has 3 aromatic rings. The van der Waals surface area contributed by atoms with Crippen LogP contribution >= 0.6 is 0 Å². The number of carbonyl (C=O) groups excluding carboxylic acids is 2. The van der Waals surface area contributed by atoms with Gasteiger partial charge in [0.1, 0.15) is 5.52 Å². The third-order valence-electron chi connectivity index (χ3n) is 4.88. The first-order valence-electron chi connectivity index (χ1n) is 9.00. The molecule has 1 fully saturated rings. The molecule has 1 unspecified atom stereocenters. The van der Waals surface area contributed by atoms with Crippen LogP contribution in [0.2, 0.25) is 0 Å². The first-order chi connectivity index (χ1) is 13.1. The average molecular weight is 363 g/mol. The minimum absolute atomic E-state index is 0.0473. The van der Waals surface area contributed by atoms with Crippen molar-refractivity contribution in [2.45, 2.75) is 25.4 Å². The van der Waals surface area contributed by atoms with Crippen LogP contribution in [0.5, 0.6) is 0 Å². The van der Waals surface area contributed by atoms with E-state index in [1.165, 1.54) is 5.56 Å². The minimum Gasteiger partial charge on any atom is -0.347 e. The van der Waals surface area contributed by atoms with Gasteiger partial charge in [-0.15, -0.1) is 0 Å². The molecule has 4 rings (SSSR count). The van der Waals surface area contributed by atoms with E-state index in [0.717, 1.165) is 18.6 Å². The van der Waals surface area contributed by atoms with Gasteiger partial charge in [-0.05, 0) is 18.1 Å². The van der Waals surface area contributed by atoms with Gasteiger partial charge in [0, 0.05) is 32.8 Å². The number of carbonyl (C=O) groups is 2. The number of aromatic nitrogens is 3. The van der Waals surface area contributed by atoms with Gasteiger partial charge in [-0.1, -0.05) is 30.3 Å². The van der Waals surface area contributed by atoms with E-state index in [0.29, 0.717) is 24.0 Å². The number of aryl methyl sites for hydroxylation is 2. The number of likely N-dealkylation sites (N-methyl/N-ethyl adjacent to an activating group) is 1. The maximum absolute atomic E-state index is 12.5. The molecule has 1 aliphatic rings. The summed E-state index contributed by atoms with van der Waals surface area (Å²) in [6.45, 7) is 1.31. The van der Waals surface area contributed by atoms with Crippen LogP contribution < -0.4 is 5.32 Å². The van der Waals surface area contributed by atoms with Crippen LogP contribution in [-0.2, 0) is 17.8 Å². The van der Waals surface area contributed by atoms with E-state index in [1.54, 1.807) is 30.5 Å². The largest absolute Gasteiger partial charge is 0.347 e. The first kappa shape index (κ1) is 17.2. The van der Waals surface area contributed by atoms with Crippen LogP contribution in [0.25, 0.3) is 11.2 Å².